The van der Waals surface area contributed by atoms with E-state index in [0.717, 1.165) is 22.1 Å². The number of hydrogen-bond acceptors (Lipinski definition) is 6. The minimum absolute atomic E-state index is 0.381. The third-order valence-corrected chi connectivity index (χ3v) is 4.37. The molecule has 27 heavy (non-hydrogen) atoms. The van der Waals surface area contributed by atoms with Crippen molar-refractivity contribution in [2.24, 2.45) is 0 Å². The number of urea groups is 1. The van der Waals surface area contributed by atoms with Gasteiger partial charge >= 0.3 is 6.03 Å². The van der Waals surface area contributed by atoms with Crippen LogP contribution in [0.4, 0.5) is 15.6 Å². The Morgan fingerprint density at radius 1 is 0.889 bits per heavy atom. The summed E-state index contributed by atoms with van der Waals surface area (Å²) in [6.45, 7) is 5.08. The first-order valence-corrected chi connectivity index (χ1v) is 9.37. The Kier molecular flexibility index (Phi) is 6.22. The molecule has 3 rings (SSSR count). The van der Waals surface area contributed by atoms with Crippen LogP contribution in [0.2, 0.25) is 0 Å². The van der Waals surface area contributed by atoms with E-state index in [-0.39, 0.29) is 6.03 Å². The summed E-state index contributed by atoms with van der Waals surface area (Å²) in [4.78, 5) is 12.1. The van der Waals surface area contributed by atoms with Gasteiger partial charge in [-0.15, -0.1) is 10.2 Å². The Balaban J connectivity index is 1.58. The molecule has 0 saturated carbocycles. The zero-order valence-electron chi connectivity index (χ0n) is 15.1. The minimum Gasteiger partial charge on any atom is -0.494 e. The molecule has 0 bridgehead atoms. The largest absolute Gasteiger partial charge is 0.494 e. The fourth-order valence-electron chi connectivity index (χ4n) is 2.31. The molecule has 2 N–H and O–H groups in total. The van der Waals surface area contributed by atoms with E-state index in [4.69, 9.17) is 9.47 Å². The van der Waals surface area contributed by atoms with Crippen LogP contribution in [0.25, 0.3) is 10.6 Å². The van der Waals surface area contributed by atoms with Gasteiger partial charge in [0.2, 0.25) is 5.13 Å². The summed E-state index contributed by atoms with van der Waals surface area (Å²) in [5.41, 5.74) is 1.57. The van der Waals surface area contributed by atoms with Crippen LogP contribution in [-0.2, 0) is 0 Å². The van der Waals surface area contributed by atoms with Crippen molar-refractivity contribution in [2.45, 2.75) is 13.8 Å². The topological polar surface area (TPSA) is 85.4 Å². The number of aromatic nitrogens is 2. The van der Waals surface area contributed by atoms with Crippen LogP contribution in [0.3, 0.4) is 0 Å². The van der Waals surface area contributed by atoms with Gasteiger partial charge in [-0.2, -0.15) is 0 Å². The third kappa shape index (κ3) is 5.18. The van der Waals surface area contributed by atoms with E-state index in [9.17, 15) is 4.79 Å². The number of hydrogen-bond donors (Lipinski definition) is 2. The Morgan fingerprint density at radius 2 is 1.48 bits per heavy atom. The summed E-state index contributed by atoms with van der Waals surface area (Å²) in [6, 6.07) is 14.4. The molecule has 0 aliphatic carbocycles. The van der Waals surface area contributed by atoms with Gasteiger partial charge in [-0.3, -0.25) is 5.32 Å². The molecule has 0 fully saturated rings. The van der Waals surface area contributed by atoms with Crippen LogP contribution in [0, 0.1) is 0 Å². The van der Waals surface area contributed by atoms with Crippen LogP contribution >= 0.6 is 11.3 Å². The highest BCUT2D eigenvalue weighted by atomic mass is 32.1. The van der Waals surface area contributed by atoms with Gasteiger partial charge in [0.25, 0.3) is 0 Å². The first kappa shape index (κ1) is 18.7. The highest BCUT2D eigenvalue weighted by molar-refractivity contribution is 7.18. The van der Waals surface area contributed by atoms with Crippen molar-refractivity contribution in [1.29, 1.82) is 0 Å². The van der Waals surface area contributed by atoms with Crippen molar-refractivity contribution >= 4 is 28.2 Å². The molecule has 140 valence electrons. The maximum absolute atomic E-state index is 12.1. The second kappa shape index (κ2) is 9.00. The van der Waals surface area contributed by atoms with Crippen LogP contribution in [0.15, 0.2) is 48.5 Å². The zero-order chi connectivity index (χ0) is 19.1. The Labute approximate surface area is 161 Å². The van der Waals surface area contributed by atoms with E-state index < -0.39 is 0 Å². The van der Waals surface area contributed by atoms with Crippen LogP contribution in [0.5, 0.6) is 11.5 Å². The summed E-state index contributed by atoms with van der Waals surface area (Å²) >= 11 is 1.30. The Morgan fingerprint density at radius 3 is 2.07 bits per heavy atom. The van der Waals surface area contributed by atoms with Gasteiger partial charge in [-0.05, 0) is 62.4 Å². The fraction of sp³-hybridized carbons (Fsp3) is 0.211. The van der Waals surface area contributed by atoms with Gasteiger partial charge in [-0.1, -0.05) is 11.3 Å². The lowest BCUT2D eigenvalue weighted by Crippen LogP contribution is -2.19. The predicted octanol–water partition coefficient (Wildman–Crippen LogP) is 4.65. The standard InChI is InChI=1S/C19H20N4O3S/c1-3-25-15-9-5-13(6-10-15)17-22-23-19(27-17)21-18(24)20-14-7-11-16(12-8-14)26-4-2/h5-12H,3-4H2,1-2H3,(H2,20,21,23,24). The number of rotatable bonds is 7. The van der Waals surface area contributed by atoms with Gasteiger partial charge in [-0.25, -0.2) is 4.79 Å². The number of ether oxygens (including phenoxy) is 2. The molecule has 1 heterocycles. The molecule has 0 aliphatic rings. The summed E-state index contributed by atoms with van der Waals surface area (Å²) in [7, 11) is 0. The highest BCUT2D eigenvalue weighted by Crippen LogP contribution is 2.28. The van der Waals surface area contributed by atoms with Gasteiger partial charge in [0.15, 0.2) is 0 Å². The lowest BCUT2D eigenvalue weighted by molar-refractivity contribution is 0.262. The zero-order valence-corrected chi connectivity index (χ0v) is 15.9. The first-order valence-electron chi connectivity index (χ1n) is 8.55. The van der Waals surface area contributed by atoms with Crippen LogP contribution in [-0.4, -0.2) is 29.4 Å². The maximum Gasteiger partial charge on any atom is 0.325 e. The fourth-order valence-corrected chi connectivity index (χ4v) is 3.06. The molecule has 7 nitrogen and oxygen atoms in total. The number of amides is 2. The lowest BCUT2D eigenvalue weighted by atomic mass is 10.2. The van der Waals surface area contributed by atoms with Crippen molar-refractivity contribution in [3.8, 4) is 22.1 Å². The molecule has 2 aromatic carbocycles. The smallest absolute Gasteiger partial charge is 0.325 e. The van der Waals surface area contributed by atoms with Gasteiger partial charge in [0.05, 0.1) is 13.2 Å². The average molecular weight is 384 g/mol. The molecule has 0 spiro atoms. The predicted molar refractivity (Wildman–Crippen MR) is 107 cm³/mol. The third-order valence-electron chi connectivity index (χ3n) is 3.48. The summed E-state index contributed by atoms with van der Waals surface area (Å²) in [6.07, 6.45) is 0. The van der Waals surface area contributed by atoms with Crippen molar-refractivity contribution in [2.75, 3.05) is 23.8 Å². The SMILES string of the molecule is CCOc1ccc(NC(=O)Nc2nnc(-c3ccc(OCC)cc3)s2)cc1. The molecule has 0 aliphatic heterocycles. The summed E-state index contributed by atoms with van der Waals surface area (Å²) < 4.78 is 10.8. The molecule has 8 heteroatoms. The van der Waals surface area contributed by atoms with E-state index in [2.05, 4.69) is 20.8 Å². The molecule has 0 saturated heterocycles. The molecule has 0 radical (unpaired) electrons. The van der Waals surface area contributed by atoms with E-state index in [1.807, 2.05) is 38.1 Å². The second-order valence-electron chi connectivity index (χ2n) is 5.41. The van der Waals surface area contributed by atoms with E-state index in [0.29, 0.717) is 24.0 Å². The highest BCUT2D eigenvalue weighted by Gasteiger charge is 2.10. The molecular formula is C19H20N4O3S. The van der Waals surface area contributed by atoms with Gasteiger partial charge in [0, 0.05) is 11.3 Å². The quantitative estimate of drug-likeness (QED) is 0.619. The monoisotopic (exact) mass is 384 g/mol. The van der Waals surface area contributed by atoms with Gasteiger partial charge < -0.3 is 14.8 Å². The van der Waals surface area contributed by atoms with Crippen molar-refractivity contribution < 1.29 is 14.3 Å². The number of anilines is 2. The number of carbonyl (C=O) groups is 1. The average Bonchev–Trinajstić information content (AvgIpc) is 3.13. The number of benzene rings is 2. The Bertz CT molecular complexity index is 879. The molecule has 3 aromatic rings. The molecule has 0 atom stereocenters. The van der Waals surface area contributed by atoms with Crippen LogP contribution < -0.4 is 20.1 Å². The van der Waals surface area contributed by atoms with Crippen molar-refractivity contribution in [1.82, 2.24) is 10.2 Å². The number of carbonyl (C=O) groups excluding carboxylic acids is 1. The van der Waals surface area contributed by atoms with E-state index >= 15 is 0 Å². The van der Waals surface area contributed by atoms with E-state index in [1.54, 1.807) is 24.3 Å². The lowest BCUT2D eigenvalue weighted by Gasteiger charge is -2.06. The number of nitrogens with zero attached hydrogens (tertiary/aromatic N) is 2. The van der Waals surface area contributed by atoms with Gasteiger partial charge in [0.1, 0.15) is 16.5 Å². The second-order valence-corrected chi connectivity index (χ2v) is 6.38. The summed E-state index contributed by atoms with van der Waals surface area (Å²) in [5.74, 6) is 1.56. The minimum atomic E-state index is -0.381. The van der Waals surface area contributed by atoms with Crippen molar-refractivity contribution in [3.63, 3.8) is 0 Å². The van der Waals surface area contributed by atoms with Crippen LogP contribution in [0.1, 0.15) is 13.8 Å². The molecule has 0 unspecified atom stereocenters. The van der Waals surface area contributed by atoms with Crippen molar-refractivity contribution in [3.05, 3.63) is 48.5 Å². The molecule has 1 aromatic heterocycles. The summed E-state index contributed by atoms with van der Waals surface area (Å²) in [5, 5.41) is 14.7. The van der Waals surface area contributed by atoms with E-state index in [1.165, 1.54) is 11.3 Å². The normalized spacial score (nSPS) is 10.3. The Hall–Kier alpha value is -3.13. The number of nitrogens with one attached hydrogen (secondary N) is 2. The molecular weight excluding hydrogens is 364 g/mol. The first-order chi connectivity index (χ1) is 13.2. The molecule has 2 amide bonds. The maximum atomic E-state index is 12.1.